The monoisotopic (exact) mass is 348 g/mol. The molecule has 1 aliphatic heterocycles. The summed E-state index contributed by atoms with van der Waals surface area (Å²) in [7, 11) is 3.21. The molecule has 2 rings (SSSR count). The summed E-state index contributed by atoms with van der Waals surface area (Å²) in [6.07, 6.45) is 1.02. The van der Waals surface area contributed by atoms with Crippen LogP contribution in [0.4, 0.5) is 0 Å². The first-order valence-corrected chi connectivity index (χ1v) is 8.71. The largest absolute Gasteiger partial charge is 0.493 e. The topological polar surface area (TPSA) is 67.9 Å². The van der Waals surface area contributed by atoms with Gasteiger partial charge >= 0.3 is 0 Å². The summed E-state index contributed by atoms with van der Waals surface area (Å²) in [6, 6.07) is 5.75. The maximum Gasteiger partial charge on any atom is 0.225 e. The number of hydrogen-bond acceptors (Lipinski definition) is 4. The summed E-state index contributed by atoms with van der Waals surface area (Å²) in [6.45, 7) is 5.85. The number of carbonyl (C=O) groups excluding carboxylic acids is 2. The molecule has 1 heterocycles. The lowest BCUT2D eigenvalue weighted by Gasteiger charge is -2.17. The van der Waals surface area contributed by atoms with Crippen molar-refractivity contribution in [2.75, 3.05) is 33.9 Å². The molecule has 0 saturated carbocycles. The van der Waals surface area contributed by atoms with E-state index in [9.17, 15) is 9.59 Å². The molecule has 1 saturated heterocycles. The second kappa shape index (κ2) is 8.74. The smallest absolute Gasteiger partial charge is 0.225 e. The van der Waals surface area contributed by atoms with Crippen LogP contribution in [-0.4, -0.2) is 50.6 Å². The third-order valence-electron chi connectivity index (χ3n) is 4.39. The van der Waals surface area contributed by atoms with Crippen LogP contribution in [0.1, 0.15) is 25.8 Å². The van der Waals surface area contributed by atoms with Gasteiger partial charge in [-0.2, -0.15) is 0 Å². The molecule has 25 heavy (non-hydrogen) atoms. The summed E-state index contributed by atoms with van der Waals surface area (Å²) in [5.41, 5.74) is 1.07. The van der Waals surface area contributed by atoms with Gasteiger partial charge in [-0.1, -0.05) is 19.9 Å². The summed E-state index contributed by atoms with van der Waals surface area (Å²) < 4.78 is 10.5. The molecule has 6 nitrogen and oxygen atoms in total. The number of hydrogen-bond donors (Lipinski definition) is 1. The maximum atomic E-state index is 12.2. The van der Waals surface area contributed by atoms with Gasteiger partial charge in [0.05, 0.1) is 20.1 Å². The first-order chi connectivity index (χ1) is 11.9. The average molecular weight is 348 g/mol. The lowest BCUT2D eigenvalue weighted by atomic mass is 10.1. The zero-order valence-electron chi connectivity index (χ0n) is 15.5. The van der Waals surface area contributed by atoms with Crippen molar-refractivity contribution < 1.29 is 19.1 Å². The Balaban J connectivity index is 1.89. The molecule has 0 spiro atoms. The highest BCUT2D eigenvalue weighted by Gasteiger charge is 2.33. The Bertz CT molecular complexity index is 615. The summed E-state index contributed by atoms with van der Waals surface area (Å²) in [4.78, 5) is 26.1. The molecule has 0 bridgehead atoms. The van der Waals surface area contributed by atoms with E-state index in [1.165, 1.54) is 0 Å². The molecule has 1 N–H and O–H groups in total. The number of amides is 2. The predicted octanol–water partition coefficient (Wildman–Crippen LogP) is 1.87. The fraction of sp³-hybridized carbons (Fsp3) is 0.579. The zero-order valence-corrected chi connectivity index (χ0v) is 15.5. The Morgan fingerprint density at radius 2 is 2.00 bits per heavy atom. The molecule has 1 fully saturated rings. The van der Waals surface area contributed by atoms with Crippen LogP contribution in [0.3, 0.4) is 0 Å². The molecular weight excluding hydrogens is 320 g/mol. The van der Waals surface area contributed by atoms with Crippen LogP contribution in [0.25, 0.3) is 0 Å². The highest BCUT2D eigenvalue weighted by atomic mass is 16.5. The molecule has 1 aromatic rings. The Labute approximate surface area is 149 Å². The highest BCUT2D eigenvalue weighted by molar-refractivity contribution is 5.89. The molecule has 0 radical (unpaired) electrons. The SMILES string of the molecule is COc1ccc(CCN2CC(C(=O)NCC(C)C)CC2=O)cc1OC. The standard InChI is InChI=1S/C19H28N2O4/c1-13(2)11-20-19(23)15-10-18(22)21(12-15)8-7-14-5-6-16(24-3)17(9-14)25-4/h5-6,9,13,15H,7-8,10-12H2,1-4H3,(H,20,23). The van der Waals surface area contributed by atoms with Crippen LogP contribution in [0, 0.1) is 11.8 Å². The highest BCUT2D eigenvalue weighted by Crippen LogP contribution is 2.28. The summed E-state index contributed by atoms with van der Waals surface area (Å²) in [5.74, 6) is 1.56. The van der Waals surface area contributed by atoms with Crippen LogP contribution in [-0.2, 0) is 16.0 Å². The van der Waals surface area contributed by atoms with E-state index >= 15 is 0 Å². The molecule has 138 valence electrons. The van der Waals surface area contributed by atoms with Crippen LogP contribution in [0.15, 0.2) is 18.2 Å². The van der Waals surface area contributed by atoms with E-state index in [1.807, 2.05) is 18.2 Å². The number of methoxy groups -OCH3 is 2. The van der Waals surface area contributed by atoms with E-state index in [-0.39, 0.29) is 17.7 Å². The van der Waals surface area contributed by atoms with E-state index in [0.29, 0.717) is 49.9 Å². The Kier molecular flexibility index (Phi) is 6.67. The van der Waals surface area contributed by atoms with Gasteiger partial charge in [-0.05, 0) is 30.0 Å². The molecule has 2 amide bonds. The number of nitrogens with one attached hydrogen (secondary N) is 1. The normalized spacial score (nSPS) is 17.1. The summed E-state index contributed by atoms with van der Waals surface area (Å²) >= 11 is 0. The van der Waals surface area contributed by atoms with Crippen LogP contribution in [0.2, 0.25) is 0 Å². The minimum absolute atomic E-state index is 0.0179. The Morgan fingerprint density at radius 3 is 2.64 bits per heavy atom. The molecule has 1 unspecified atom stereocenters. The number of nitrogens with zero attached hydrogens (tertiary/aromatic N) is 1. The van der Waals surface area contributed by atoms with Gasteiger partial charge < -0.3 is 19.7 Å². The van der Waals surface area contributed by atoms with Crippen molar-refractivity contribution in [2.24, 2.45) is 11.8 Å². The minimum Gasteiger partial charge on any atom is -0.493 e. The molecule has 0 aliphatic carbocycles. The number of rotatable bonds is 8. The molecule has 1 aliphatic rings. The van der Waals surface area contributed by atoms with Crippen molar-refractivity contribution in [2.45, 2.75) is 26.7 Å². The molecular formula is C19H28N2O4. The Hall–Kier alpha value is -2.24. The van der Waals surface area contributed by atoms with Crippen molar-refractivity contribution in [3.8, 4) is 11.5 Å². The fourth-order valence-electron chi connectivity index (χ4n) is 2.91. The van der Waals surface area contributed by atoms with Crippen molar-refractivity contribution >= 4 is 11.8 Å². The fourth-order valence-corrected chi connectivity index (χ4v) is 2.91. The molecule has 0 aromatic heterocycles. The van der Waals surface area contributed by atoms with Gasteiger partial charge in [-0.25, -0.2) is 0 Å². The zero-order chi connectivity index (χ0) is 18.4. The van der Waals surface area contributed by atoms with Crippen LogP contribution in [0.5, 0.6) is 11.5 Å². The van der Waals surface area contributed by atoms with E-state index in [0.717, 1.165) is 5.56 Å². The third kappa shape index (κ3) is 5.11. The van der Waals surface area contributed by atoms with Gasteiger partial charge in [-0.15, -0.1) is 0 Å². The van der Waals surface area contributed by atoms with E-state index in [1.54, 1.807) is 19.1 Å². The molecule has 1 aromatic carbocycles. The number of carbonyl (C=O) groups is 2. The summed E-state index contributed by atoms with van der Waals surface area (Å²) in [5, 5.41) is 2.92. The van der Waals surface area contributed by atoms with Gasteiger partial charge in [-0.3, -0.25) is 9.59 Å². The van der Waals surface area contributed by atoms with Crippen molar-refractivity contribution in [1.29, 1.82) is 0 Å². The van der Waals surface area contributed by atoms with Gasteiger partial charge in [0.1, 0.15) is 0 Å². The third-order valence-corrected chi connectivity index (χ3v) is 4.39. The molecule has 6 heteroatoms. The second-order valence-corrected chi connectivity index (χ2v) is 6.82. The van der Waals surface area contributed by atoms with Gasteiger partial charge in [0.2, 0.25) is 11.8 Å². The maximum absolute atomic E-state index is 12.2. The first kappa shape index (κ1) is 19.1. The average Bonchev–Trinajstić information content (AvgIpc) is 2.98. The number of ether oxygens (including phenoxy) is 2. The van der Waals surface area contributed by atoms with E-state index in [2.05, 4.69) is 19.2 Å². The first-order valence-electron chi connectivity index (χ1n) is 8.71. The van der Waals surface area contributed by atoms with Crippen molar-refractivity contribution in [3.63, 3.8) is 0 Å². The minimum atomic E-state index is -0.239. The van der Waals surface area contributed by atoms with Crippen LogP contribution >= 0.6 is 0 Å². The van der Waals surface area contributed by atoms with Gasteiger partial charge in [0, 0.05) is 26.1 Å². The number of likely N-dealkylation sites (tertiary alicyclic amines) is 1. The van der Waals surface area contributed by atoms with Gasteiger partial charge in [0.15, 0.2) is 11.5 Å². The lowest BCUT2D eigenvalue weighted by Crippen LogP contribution is -2.35. The van der Waals surface area contributed by atoms with Gasteiger partial charge in [0.25, 0.3) is 0 Å². The van der Waals surface area contributed by atoms with Crippen LogP contribution < -0.4 is 14.8 Å². The number of benzene rings is 1. The quantitative estimate of drug-likeness (QED) is 0.779. The van der Waals surface area contributed by atoms with E-state index in [4.69, 9.17) is 9.47 Å². The van der Waals surface area contributed by atoms with E-state index < -0.39 is 0 Å². The Morgan fingerprint density at radius 1 is 1.28 bits per heavy atom. The van der Waals surface area contributed by atoms with Crippen molar-refractivity contribution in [3.05, 3.63) is 23.8 Å². The molecule has 1 atom stereocenters. The van der Waals surface area contributed by atoms with Crippen molar-refractivity contribution in [1.82, 2.24) is 10.2 Å². The second-order valence-electron chi connectivity index (χ2n) is 6.82. The lowest BCUT2D eigenvalue weighted by molar-refractivity contribution is -0.129. The predicted molar refractivity (Wildman–Crippen MR) is 95.8 cm³/mol.